The summed E-state index contributed by atoms with van der Waals surface area (Å²) in [6.45, 7) is 7.43. The second-order valence-electron chi connectivity index (χ2n) is 13.5. The molecule has 1 atom stereocenters. The van der Waals surface area contributed by atoms with Crippen molar-refractivity contribution in [3.63, 3.8) is 0 Å². The number of Topliss-reactive ketones (excluding diaryl/α,β-unsaturated/α-hetero) is 1. The van der Waals surface area contributed by atoms with Crippen molar-refractivity contribution in [1.82, 2.24) is 15.6 Å². The second-order valence-corrected chi connectivity index (χ2v) is 13.5. The molecule has 0 aliphatic carbocycles. The Morgan fingerprint density at radius 1 is 1.02 bits per heavy atom. The summed E-state index contributed by atoms with van der Waals surface area (Å²) < 4.78 is 5.35. The van der Waals surface area contributed by atoms with Gasteiger partial charge in [-0.3, -0.25) is 9.59 Å². The van der Waals surface area contributed by atoms with Crippen LogP contribution in [0.15, 0.2) is 48.7 Å². The van der Waals surface area contributed by atoms with Crippen LogP contribution in [0.1, 0.15) is 90.3 Å². The first-order valence-corrected chi connectivity index (χ1v) is 17.4. The molecule has 3 aromatic rings. The zero-order valence-corrected chi connectivity index (χ0v) is 29.2. The fourth-order valence-corrected chi connectivity index (χ4v) is 7.03. The number of methoxy groups -OCH3 is 1. The third-order valence-electron chi connectivity index (χ3n) is 9.44. The molecular formula is C40H54N4O4. The highest BCUT2D eigenvalue weighted by Gasteiger charge is 2.22. The van der Waals surface area contributed by atoms with Crippen molar-refractivity contribution in [1.29, 1.82) is 0 Å². The molecule has 0 spiro atoms. The third kappa shape index (κ3) is 11.3. The second kappa shape index (κ2) is 18.5. The van der Waals surface area contributed by atoms with E-state index in [0.29, 0.717) is 36.7 Å². The number of rotatable bonds is 18. The smallest absolute Gasteiger partial charge is 0.163 e. The Labute approximate surface area is 286 Å². The van der Waals surface area contributed by atoms with Crippen LogP contribution in [-0.2, 0) is 22.4 Å². The van der Waals surface area contributed by atoms with E-state index >= 15 is 0 Å². The molecular weight excluding hydrogens is 600 g/mol. The number of pyridine rings is 1. The maximum Gasteiger partial charge on any atom is 0.163 e. The van der Waals surface area contributed by atoms with E-state index in [1.54, 1.807) is 24.4 Å². The Balaban J connectivity index is 1.34. The van der Waals surface area contributed by atoms with Crippen LogP contribution in [0.3, 0.4) is 0 Å². The van der Waals surface area contributed by atoms with E-state index in [-0.39, 0.29) is 23.7 Å². The molecule has 2 aromatic carbocycles. The minimum atomic E-state index is -0.233. The van der Waals surface area contributed by atoms with Gasteiger partial charge in [-0.25, -0.2) is 4.98 Å². The lowest BCUT2D eigenvalue weighted by Gasteiger charge is -2.30. The minimum Gasteiger partial charge on any atom is -0.504 e. The van der Waals surface area contributed by atoms with Gasteiger partial charge in [0.05, 0.1) is 13.5 Å². The molecule has 4 rings (SSSR count). The molecule has 48 heavy (non-hydrogen) atoms. The van der Waals surface area contributed by atoms with Crippen molar-refractivity contribution in [2.24, 2.45) is 11.8 Å². The number of hydrogen-bond donors (Lipinski definition) is 4. The summed E-state index contributed by atoms with van der Waals surface area (Å²) in [7, 11) is 3.52. The van der Waals surface area contributed by atoms with Gasteiger partial charge in [0.25, 0.3) is 0 Å². The van der Waals surface area contributed by atoms with Crippen molar-refractivity contribution in [2.75, 3.05) is 39.5 Å². The number of hydrogen-bond acceptors (Lipinski definition) is 8. The SMILES string of the molecule is CNC[C@H](CCCCCC(=O)CC(=O)C=Cc1cc(OC)c(O)cc1Cc1cnc(N)c(Cc2cc(C)cc(C)c2)c1)C1CCNCC1. The van der Waals surface area contributed by atoms with Crippen molar-refractivity contribution < 1.29 is 19.4 Å². The monoisotopic (exact) mass is 654 g/mol. The van der Waals surface area contributed by atoms with Gasteiger partial charge in [0, 0.05) is 19.0 Å². The summed E-state index contributed by atoms with van der Waals surface area (Å²) in [5.41, 5.74) is 13.2. The summed E-state index contributed by atoms with van der Waals surface area (Å²) in [5.74, 6) is 2.01. The predicted molar refractivity (Wildman–Crippen MR) is 195 cm³/mol. The molecule has 0 unspecified atom stereocenters. The molecule has 0 bridgehead atoms. The Hall–Kier alpha value is -4.01. The molecule has 1 aliphatic heterocycles. The standard InChI is InChI=1S/C40H54N4O4/c1-27-16-28(2)18-29(17-27)19-35-21-30(25-44-40(35)41)20-34-22-38(47)39(48-4)23-32(34)10-11-37(46)24-36(45)9-7-5-6-8-33(26-42-3)31-12-14-43-15-13-31/h10-11,16-18,21-23,25,31,33,42-43,47H,5-9,12-15,19-20,24,26H2,1-4H3,(H2,41,44)/t33-/m0/s1. The van der Waals surface area contributed by atoms with Gasteiger partial charge >= 0.3 is 0 Å². The molecule has 2 heterocycles. The van der Waals surface area contributed by atoms with Crippen LogP contribution in [0, 0.1) is 25.7 Å². The molecule has 1 saturated heterocycles. The van der Waals surface area contributed by atoms with Crippen molar-refractivity contribution in [3.8, 4) is 11.5 Å². The number of aryl methyl sites for hydroxylation is 2. The first kappa shape index (κ1) is 36.8. The maximum atomic E-state index is 12.8. The van der Waals surface area contributed by atoms with Crippen molar-refractivity contribution in [3.05, 3.63) is 87.6 Å². The molecule has 0 radical (unpaired) electrons. The molecule has 8 nitrogen and oxygen atoms in total. The number of unbranched alkanes of at least 4 members (excludes halogenated alkanes) is 2. The first-order valence-electron chi connectivity index (χ1n) is 17.4. The number of allylic oxidation sites excluding steroid dienone is 1. The van der Waals surface area contributed by atoms with Gasteiger partial charge in [0.2, 0.25) is 0 Å². The lowest BCUT2D eigenvalue weighted by molar-refractivity contribution is -0.124. The lowest BCUT2D eigenvalue weighted by atomic mass is 9.81. The van der Waals surface area contributed by atoms with Crippen LogP contribution < -0.4 is 21.1 Å². The number of nitrogens with zero attached hydrogens (tertiary/aromatic N) is 1. The maximum absolute atomic E-state index is 12.8. The number of phenols is 1. The van der Waals surface area contributed by atoms with Crippen molar-refractivity contribution >= 4 is 23.5 Å². The Morgan fingerprint density at radius 3 is 2.46 bits per heavy atom. The average Bonchev–Trinajstić information content (AvgIpc) is 3.05. The summed E-state index contributed by atoms with van der Waals surface area (Å²) in [6.07, 6.45) is 12.9. The number of nitrogens with one attached hydrogen (secondary N) is 2. The quantitative estimate of drug-likeness (QED) is 0.0696. The number of nitrogens with two attached hydrogens (primary N) is 1. The van der Waals surface area contributed by atoms with Crippen LogP contribution in [0.4, 0.5) is 5.82 Å². The molecule has 8 heteroatoms. The van der Waals surface area contributed by atoms with E-state index in [1.807, 2.05) is 13.1 Å². The zero-order valence-electron chi connectivity index (χ0n) is 29.2. The number of aromatic nitrogens is 1. The van der Waals surface area contributed by atoms with E-state index in [9.17, 15) is 14.7 Å². The average molecular weight is 655 g/mol. The summed E-state index contributed by atoms with van der Waals surface area (Å²) in [6, 6.07) is 11.9. The first-order chi connectivity index (χ1) is 23.1. The number of phenolic OH excluding ortho intramolecular Hbond substituents is 1. The number of anilines is 1. The number of carbonyl (C=O) groups is 2. The van der Waals surface area contributed by atoms with E-state index < -0.39 is 0 Å². The highest BCUT2D eigenvalue weighted by atomic mass is 16.5. The Bertz CT molecular complexity index is 1540. The van der Waals surface area contributed by atoms with Gasteiger partial charge in [-0.1, -0.05) is 48.2 Å². The third-order valence-corrected chi connectivity index (χ3v) is 9.44. The number of ketones is 2. The number of carbonyl (C=O) groups excluding carboxylic acids is 2. The van der Waals surface area contributed by atoms with Gasteiger partial charge < -0.3 is 26.2 Å². The summed E-state index contributed by atoms with van der Waals surface area (Å²) in [5, 5.41) is 17.4. The molecule has 1 aliphatic rings. The molecule has 1 fully saturated rings. The number of benzene rings is 2. The van der Waals surface area contributed by atoms with Crippen LogP contribution in [0.2, 0.25) is 0 Å². The van der Waals surface area contributed by atoms with Gasteiger partial charge in [0.1, 0.15) is 11.6 Å². The molecule has 1 aromatic heterocycles. The van der Waals surface area contributed by atoms with Gasteiger partial charge in [-0.2, -0.15) is 0 Å². The van der Waals surface area contributed by atoms with Crippen molar-refractivity contribution in [2.45, 2.75) is 78.1 Å². The highest BCUT2D eigenvalue weighted by Crippen LogP contribution is 2.32. The molecule has 0 amide bonds. The number of nitrogen functional groups attached to an aromatic ring is 1. The van der Waals surface area contributed by atoms with Gasteiger partial charge in [-0.05, 0) is 137 Å². The largest absolute Gasteiger partial charge is 0.504 e. The van der Waals surface area contributed by atoms with Crippen LogP contribution >= 0.6 is 0 Å². The highest BCUT2D eigenvalue weighted by molar-refractivity contribution is 6.06. The topological polar surface area (TPSA) is 127 Å². The van der Waals surface area contributed by atoms with Crippen LogP contribution in [-0.4, -0.2) is 55.4 Å². The lowest BCUT2D eigenvalue weighted by Crippen LogP contribution is -2.35. The Morgan fingerprint density at radius 2 is 1.75 bits per heavy atom. The van der Waals surface area contributed by atoms with E-state index in [1.165, 1.54) is 49.1 Å². The van der Waals surface area contributed by atoms with Gasteiger partial charge in [0.15, 0.2) is 17.3 Å². The predicted octanol–water partition coefficient (Wildman–Crippen LogP) is 6.50. The number of piperidine rings is 1. The molecule has 0 saturated carbocycles. The van der Waals surface area contributed by atoms with Crippen LogP contribution in [0.25, 0.3) is 6.08 Å². The fourth-order valence-electron chi connectivity index (χ4n) is 7.03. The van der Waals surface area contributed by atoms with E-state index in [2.05, 4.69) is 47.7 Å². The minimum absolute atomic E-state index is 0.0121. The molecule has 258 valence electrons. The Kier molecular flexibility index (Phi) is 14.2. The van der Waals surface area contributed by atoms with Crippen LogP contribution in [0.5, 0.6) is 11.5 Å². The van der Waals surface area contributed by atoms with Gasteiger partial charge in [-0.15, -0.1) is 0 Å². The zero-order chi connectivity index (χ0) is 34.5. The summed E-state index contributed by atoms with van der Waals surface area (Å²) >= 11 is 0. The fraction of sp³-hybridized carbons (Fsp3) is 0.475. The normalized spacial score (nSPS) is 14.3. The molecule has 5 N–H and O–H groups in total. The number of aromatic hydroxyl groups is 1. The van der Waals surface area contributed by atoms with E-state index in [4.69, 9.17) is 10.5 Å². The summed E-state index contributed by atoms with van der Waals surface area (Å²) in [4.78, 5) is 29.9. The number of ether oxygens (including phenoxy) is 1. The van der Waals surface area contributed by atoms with E-state index in [0.717, 1.165) is 67.1 Å².